The van der Waals surface area contributed by atoms with Gasteiger partial charge in [-0.05, 0) is 41.2 Å². The molecule has 1 aromatic rings. The van der Waals surface area contributed by atoms with Gasteiger partial charge in [0.2, 0.25) is 0 Å². The van der Waals surface area contributed by atoms with Gasteiger partial charge in [-0.1, -0.05) is 45.9 Å². The number of hydrogen-bond donors (Lipinski definition) is 2. The quantitative estimate of drug-likeness (QED) is 0.810. The molecule has 3 nitrogen and oxygen atoms in total. The van der Waals surface area contributed by atoms with E-state index >= 15 is 0 Å². The van der Waals surface area contributed by atoms with Gasteiger partial charge >= 0.3 is 0 Å². The van der Waals surface area contributed by atoms with Crippen molar-refractivity contribution in [2.75, 3.05) is 0 Å². The molecule has 5 atom stereocenters. The van der Waals surface area contributed by atoms with E-state index in [0.717, 1.165) is 30.4 Å². The Kier molecular flexibility index (Phi) is 4.06. The van der Waals surface area contributed by atoms with Crippen molar-refractivity contribution in [2.24, 2.45) is 22.7 Å². The molecular formula is C20H28O3. The summed E-state index contributed by atoms with van der Waals surface area (Å²) in [6.07, 6.45) is 9.22. The van der Waals surface area contributed by atoms with Crippen LogP contribution in [0, 0.1) is 22.7 Å². The standard InChI is InChI=1S/C20H28O3/c1-13-15(7-6-14-8-11-23-12-14)20(4)10-5-9-19(2,3)18(20)17(22)16(13)21/h6-8,11-12,15-18,21-22H,1,5,9-10H2,2-4H3/b7-6+/t15-,16+,17-,18-,20-/m1/s1. The van der Waals surface area contributed by atoms with Crippen molar-refractivity contribution in [3.05, 3.63) is 42.4 Å². The van der Waals surface area contributed by atoms with Gasteiger partial charge in [0.1, 0.15) is 6.10 Å². The Morgan fingerprint density at radius 3 is 2.65 bits per heavy atom. The van der Waals surface area contributed by atoms with Gasteiger partial charge in [-0.25, -0.2) is 0 Å². The Labute approximate surface area is 138 Å². The molecular weight excluding hydrogens is 288 g/mol. The average Bonchev–Trinajstić information content (AvgIpc) is 2.97. The highest BCUT2D eigenvalue weighted by Gasteiger charge is 2.58. The van der Waals surface area contributed by atoms with Crippen LogP contribution < -0.4 is 0 Å². The van der Waals surface area contributed by atoms with E-state index in [0.29, 0.717) is 0 Å². The lowest BCUT2D eigenvalue weighted by Crippen LogP contribution is -2.59. The molecule has 2 N–H and O–H groups in total. The van der Waals surface area contributed by atoms with E-state index in [1.165, 1.54) is 0 Å². The fourth-order valence-electron chi connectivity index (χ4n) is 5.26. The zero-order valence-corrected chi connectivity index (χ0v) is 14.3. The van der Waals surface area contributed by atoms with Crippen LogP contribution in [-0.2, 0) is 0 Å². The molecule has 0 unspecified atom stereocenters. The second-order valence-electron chi connectivity index (χ2n) is 8.23. The minimum atomic E-state index is -0.857. The summed E-state index contributed by atoms with van der Waals surface area (Å²) in [5, 5.41) is 21.3. The number of fused-ring (bicyclic) bond motifs is 1. The van der Waals surface area contributed by atoms with E-state index in [9.17, 15) is 10.2 Å². The molecule has 1 aromatic heterocycles. The molecule has 0 amide bonds. The third kappa shape index (κ3) is 2.60. The first-order valence-electron chi connectivity index (χ1n) is 8.52. The highest BCUT2D eigenvalue weighted by Crippen LogP contribution is 2.61. The Balaban J connectivity index is 2.01. The van der Waals surface area contributed by atoms with Crippen LogP contribution in [-0.4, -0.2) is 22.4 Å². The number of hydrogen-bond acceptors (Lipinski definition) is 3. The summed E-state index contributed by atoms with van der Waals surface area (Å²) < 4.78 is 5.12. The predicted octanol–water partition coefficient (Wildman–Crippen LogP) is 4.03. The lowest BCUT2D eigenvalue weighted by molar-refractivity contribution is -0.150. The molecule has 3 heteroatoms. The maximum atomic E-state index is 10.8. The predicted molar refractivity (Wildman–Crippen MR) is 91.6 cm³/mol. The van der Waals surface area contributed by atoms with Crippen LogP contribution in [0.3, 0.4) is 0 Å². The van der Waals surface area contributed by atoms with Gasteiger partial charge in [0, 0.05) is 11.5 Å². The Bertz CT molecular complexity index is 598. The molecule has 2 aliphatic carbocycles. The van der Waals surface area contributed by atoms with Crippen molar-refractivity contribution in [3.8, 4) is 0 Å². The van der Waals surface area contributed by atoms with Crippen molar-refractivity contribution >= 4 is 6.08 Å². The van der Waals surface area contributed by atoms with Gasteiger partial charge in [-0.15, -0.1) is 0 Å². The first kappa shape index (κ1) is 16.5. The van der Waals surface area contributed by atoms with E-state index in [1.54, 1.807) is 12.5 Å². The van der Waals surface area contributed by atoms with Gasteiger partial charge in [0.05, 0.1) is 18.6 Å². The number of aliphatic hydroxyl groups is 2. The Hall–Kier alpha value is -1.32. The minimum absolute atomic E-state index is 0.00975. The molecule has 0 saturated heterocycles. The molecule has 0 bridgehead atoms. The number of rotatable bonds is 2. The first-order valence-corrected chi connectivity index (χ1v) is 8.52. The maximum Gasteiger partial charge on any atom is 0.102 e. The minimum Gasteiger partial charge on any atom is -0.472 e. The monoisotopic (exact) mass is 316 g/mol. The van der Waals surface area contributed by atoms with E-state index in [1.807, 2.05) is 12.1 Å². The average molecular weight is 316 g/mol. The van der Waals surface area contributed by atoms with Gasteiger partial charge < -0.3 is 14.6 Å². The van der Waals surface area contributed by atoms with Crippen LogP contribution in [0.5, 0.6) is 0 Å². The van der Waals surface area contributed by atoms with Gasteiger partial charge in [-0.3, -0.25) is 0 Å². The van der Waals surface area contributed by atoms with Crippen LogP contribution in [0.15, 0.2) is 41.2 Å². The normalized spacial score (nSPS) is 40.3. The molecule has 0 aliphatic heterocycles. The van der Waals surface area contributed by atoms with E-state index < -0.39 is 12.2 Å². The summed E-state index contributed by atoms with van der Waals surface area (Å²) in [5.74, 6) is 0.114. The second-order valence-corrected chi connectivity index (χ2v) is 8.23. The van der Waals surface area contributed by atoms with Crippen molar-refractivity contribution in [3.63, 3.8) is 0 Å². The second kappa shape index (κ2) is 5.64. The van der Waals surface area contributed by atoms with Crippen molar-refractivity contribution in [2.45, 2.75) is 52.2 Å². The Morgan fingerprint density at radius 2 is 2.00 bits per heavy atom. The fraction of sp³-hybridized carbons (Fsp3) is 0.600. The third-order valence-corrected chi connectivity index (χ3v) is 6.27. The smallest absolute Gasteiger partial charge is 0.102 e. The molecule has 23 heavy (non-hydrogen) atoms. The summed E-state index contributed by atoms with van der Waals surface area (Å²) in [6.45, 7) is 10.8. The van der Waals surface area contributed by atoms with Gasteiger partial charge in [0.15, 0.2) is 0 Å². The summed E-state index contributed by atoms with van der Waals surface area (Å²) in [6, 6.07) is 1.91. The molecule has 2 saturated carbocycles. The van der Waals surface area contributed by atoms with Crippen LogP contribution in [0.2, 0.25) is 0 Å². The van der Waals surface area contributed by atoms with Crippen LogP contribution in [0.1, 0.15) is 45.6 Å². The van der Waals surface area contributed by atoms with E-state index in [-0.39, 0.29) is 22.7 Å². The highest BCUT2D eigenvalue weighted by atomic mass is 16.3. The molecule has 2 fully saturated rings. The van der Waals surface area contributed by atoms with E-state index in [4.69, 9.17) is 4.42 Å². The zero-order valence-electron chi connectivity index (χ0n) is 14.3. The molecule has 0 spiro atoms. The molecule has 126 valence electrons. The summed E-state index contributed by atoms with van der Waals surface area (Å²) in [7, 11) is 0. The van der Waals surface area contributed by atoms with Gasteiger partial charge in [-0.2, -0.15) is 0 Å². The topological polar surface area (TPSA) is 53.6 Å². The number of furan rings is 1. The Morgan fingerprint density at radius 1 is 1.26 bits per heavy atom. The van der Waals surface area contributed by atoms with E-state index in [2.05, 4.69) is 33.4 Å². The SMILES string of the molecule is C=C1[C@@H](/C=C/c2ccoc2)[C@@]2(C)CCCC(C)(C)[C@H]2[C@H](O)[C@H]1O. The first-order chi connectivity index (χ1) is 10.8. The van der Waals surface area contributed by atoms with Crippen LogP contribution in [0.25, 0.3) is 6.08 Å². The van der Waals surface area contributed by atoms with Crippen molar-refractivity contribution in [1.82, 2.24) is 0 Å². The van der Waals surface area contributed by atoms with Crippen molar-refractivity contribution in [1.29, 1.82) is 0 Å². The maximum absolute atomic E-state index is 10.8. The lowest BCUT2D eigenvalue weighted by atomic mass is 9.46. The van der Waals surface area contributed by atoms with Gasteiger partial charge in [0.25, 0.3) is 0 Å². The number of allylic oxidation sites excluding steroid dienone is 1. The molecule has 3 rings (SSSR count). The summed E-state index contributed by atoms with van der Waals surface area (Å²) >= 11 is 0. The largest absolute Gasteiger partial charge is 0.472 e. The molecule has 0 aromatic carbocycles. The summed E-state index contributed by atoms with van der Waals surface area (Å²) in [5.41, 5.74) is 1.66. The molecule has 1 heterocycles. The third-order valence-electron chi connectivity index (χ3n) is 6.27. The van der Waals surface area contributed by atoms with Crippen LogP contribution in [0.4, 0.5) is 0 Å². The molecule has 0 radical (unpaired) electrons. The molecule has 2 aliphatic rings. The fourth-order valence-corrected chi connectivity index (χ4v) is 5.26. The zero-order chi connectivity index (χ0) is 16.8. The lowest BCUT2D eigenvalue weighted by Gasteiger charge is -2.60. The summed E-state index contributed by atoms with van der Waals surface area (Å²) in [4.78, 5) is 0. The van der Waals surface area contributed by atoms with Crippen molar-refractivity contribution < 1.29 is 14.6 Å². The highest BCUT2D eigenvalue weighted by molar-refractivity contribution is 5.49. The van der Waals surface area contributed by atoms with Crippen LogP contribution >= 0.6 is 0 Å². The number of aliphatic hydroxyl groups excluding tert-OH is 2.